The van der Waals surface area contributed by atoms with Crippen LogP contribution in [-0.2, 0) is 0 Å². The van der Waals surface area contributed by atoms with E-state index in [0.29, 0.717) is 23.7 Å². The summed E-state index contributed by atoms with van der Waals surface area (Å²) in [5, 5.41) is 2.67. The molecule has 4 rings (SSSR count). The van der Waals surface area contributed by atoms with Gasteiger partial charge in [0.15, 0.2) is 11.5 Å². The number of amides is 1. The van der Waals surface area contributed by atoms with Crippen molar-refractivity contribution in [1.29, 1.82) is 0 Å². The number of hydrogen-bond donors (Lipinski definition) is 0. The summed E-state index contributed by atoms with van der Waals surface area (Å²) in [4.78, 5) is 19.7. The summed E-state index contributed by atoms with van der Waals surface area (Å²) in [5.74, 6) is 1.48. The lowest BCUT2D eigenvalue weighted by molar-refractivity contribution is 0.0746. The Morgan fingerprint density at radius 3 is 2.93 bits per heavy atom. The summed E-state index contributed by atoms with van der Waals surface area (Å²) in [6.07, 6.45) is 6.18. The molecule has 2 unspecified atom stereocenters. The minimum absolute atomic E-state index is 0.0499. The van der Waals surface area contributed by atoms with Gasteiger partial charge in [-0.15, -0.1) is 22.9 Å². The van der Waals surface area contributed by atoms with Gasteiger partial charge in [-0.3, -0.25) is 4.79 Å². The summed E-state index contributed by atoms with van der Waals surface area (Å²) in [5.41, 5.74) is 2.36. The molecule has 2 aromatic rings. The van der Waals surface area contributed by atoms with Gasteiger partial charge in [0.25, 0.3) is 5.91 Å². The Morgan fingerprint density at radius 2 is 2.14 bits per heavy atom. The lowest BCUT2D eigenvalue weighted by atomic mass is 9.84. The number of aromatic nitrogens is 1. The number of methoxy groups -OCH3 is 2. The van der Waals surface area contributed by atoms with E-state index in [2.05, 4.69) is 11.1 Å². The molecule has 2 heterocycles. The van der Waals surface area contributed by atoms with E-state index in [0.717, 1.165) is 42.0 Å². The number of likely N-dealkylation sites (tertiary alicyclic amines) is 1. The highest BCUT2D eigenvalue weighted by molar-refractivity contribution is 7.13. The van der Waals surface area contributed by atoms with Gasteiger partial charge in [-0.05, 0) is 37.8 Å². The topological polar surface area (TPSA) is 51.7 Å². The van der Waals surface area contributed by atoms with Gasteiger partial charge >= 0.3 is 0 Å². The van der Waals surface area contributed by atoms with Gasteiger partial charge in [0.2, 0.25) is 0 Å². The van der Waals surface area contributed by atoms with Crippen LogP contribution in [0.1, 0.15) is 36.2 Å². The average molecular weight is 419 g/mol. The predicted octanol–water partition coefficient (Wildman–Crippen LogP) is 4.96. The normalized spacial score (nSPS) is 21.7. The van der Waals surface area contributed by atoms with E-state index < -0.39 is 0 Å². The van der Waals surface area contributed by atoms with Crippen molar-refractivity contribution in [3.8, 4) is 22.1 Å². The number of carbonyl (C=O) groups excluding carboxylic acids is 1. The minimum Gasteiger partial charge on any atom is -0.493 e. The van der Waals surface area contributed by atoms with Crippen LogP contribution in [-0.4, -0.2) is 41.9 Å². The number of alkyl halides is 1. The van der Waals surface area contributed by atoms with Crippen LogP contribution in [0.15, 0.2) is 35.4 Å². The molecule has 5 nitrogen and oxygen atoms in total. The van der Waals surface area contributed by atoms with E-state index in [1.807, 2.05) is 28.5 Å². The zero-order valence-electron chi connectivity index (χ0n) is 16.0. The number of ether oxygens (including phenoxy) is 2. The highest BCUT2D eigenvalue weighted by Crippen LogP contribution is 2.41. The third kappa shape index (κ3) is 3.40. The van der Waals surface area contributed by atoms with Crippen molar-refractivity contribution in [2.45, 2.75) is 31.1 Å². The first-order chi connectivity index (χ1) is 13.6. The minimum atomic E-state index is -0.0499. The van der Waals surface area contributed by atoms with Crippen molar-refractivity contribution in [1.82, 2.24) is 9.88 Å². The number of allylic oxidation sites excluding steroid dienone is 2. The zero-order valence-corrected chi connectivity index (χ0v) is 17.6. The van der Waals surface area contributed by atoms with Crippen LogP contribution in [0.4, 0.5) is 0 Å². The van der Waals surface area contributed by atoms with E-state index in [-0.39, 0.29) is 17.2 Å². The molecule has 0 bridgehead atoms. The SMILES string of the molecule is COc1cccc(-c2nc(C(=O)N3CCC(Cl)C4CCCC=C43)cs2)c1OC. The van der Waals surface area contributed by atoms with Crippen LogP contribution in [0, 0.1) is 5.92 Å². The number of hydrogen-bond acceptors (Lipinski definition) is 5. The van der Waals surface area contributed by atoms with Gasteiger partial charge in [0.05, 0.1) is 19.8 Å². The first-order valence-corrected chi connectivity index (χ1v) is 10.8. The Morgan fingerprint density at radius 1 is 1.29 bits per heavy atom. The summed E-state index contributed by atoms with van der Waals surface area (Å²) in [6, 6.07) is 5.66. The molecule has 0 spiro atoms. The molecular formula is C21H23ClN2O3S. The maximum Gasteiger partial charge on any atom is 0.277 e. The Kier molecular flexibility index (Phi) is 5.60. The summed E-state index contributed by atoms with van der Waals surface area (Å²) >= 11 is 7.97. The fourth-order valence-electron chi connectivity index (χ4n) is 4.05. The molecule has 0 saturated carbocycles. The summed E-state index contributed by atoms with van der Waals surface area (Å²) in [6.45, 7) is 0.644. The third-order valence-corrected chi connectivity index (χ3v) is 6.83. The smallest absolute Gasteiger partial charge is 0.277 e. The number of nitrogens with zero attached hydrogens (tertiary/aromatic N) is 2. The third-order valence-electron chi connectivity index (χ3n) is 5.43. The van der Waals surface area contributed by atoms with Crippen LogP contribution in [0.5, 0.6) is 11.5 Å². The van der Waals surface area contributed by atoms with Gasteiger partial charge in [0.1, 0.15) is 10.7 Å². The summed E-state index contributed by atoms with van der Waals surface area (Å²) < 4.78 is 10.9. The molecule has 1 fully saturated rings. The van der Waals surface area contributed by atoms with Gasteiger partial charge in [-0.25, -0.2) is 4.98 Å². The number of thiazole rings is 1. The van der Waals surface area contributed by atoms with Crippen LogP contribution < -0.4 is 9.47 Å². The molecule has 0 radical (unpaired) electrons. The van der Waals surface area contributed by atoms with E-state index in [4.69, 9.17) is 21.1 Å². The first-order valence-electron chi connectivity index (χ1n) is 9.47. The van der Waals surface area contributed by atoms with Crippen LogP contribution in [0.3, 0.4) is 0 Å². The number of carbonyl (C=O) groups is 1. The van der Waals surface area contributed by atoms with Crippen molar-refractivity contribution in [2.24, 2.45) is 5.92 Å². The lowest BCUT2D eigenvalue weighted by Gasteiger charge is -2.40. The van der Waals surface area contributed by atoms with Crippen molar-refractivity contribution in [2.75, 3.05) is 20.8 Å². The predicted molar refractivity (Wildman–Crippen MR) is 111 cm³/mol. The van der Waals surface area contributed by atoms with Crippen molar-refractivity contribution in [3.63, 3.8) is 0 Å². The monoisotopic (exact) mass is 418 g/mol. The first kappa shape index (κ1) is 19.3. The molecule has 2 atom stereocenters. The van der Waals surface area contributed by atoms with Gasteiger partial charge in [-0.1, -0.05) is 12.1 Å². The molecule has 7 heteroatoms. The van der Waals surface area contributed by atoms with E-state index >= 15 is 0 Å². The number of benzene rings is 1. The second kappa shape index (κ2) is 8.13. The maximum atomic E-state index is 13.2. The molecular weight excluding hydrogens is 396 g/mol. The fraction of sp³-hybridized carbons (Fsp3) is 0.429. The van der Waals surface area contributed by atoms with E-state index in [1.165, 1.54) is 11.3 Å². The lowest BCUT2D eigenvalue weighted by Crippen LogP contribution is -2.43. The molecule has 1 aliphatic heterocycles. The number of para-hydroxylation sites is 1. The molecule has 28 heavy (non-hydrogen) atoms. The fourth-order valence-corrected chi connectivity index (χ4v) is 5.22. The van der Waals surface area contributed by atoms with Gasteiger partial charge < -0.3 is 14.4 Å². The molecule has 1 amide bonds. The van der Waals surface area contributed by atoms with Crippen LogP contribution in [0.2, 0.25) is 0 Å². The Labute approximate surface area is 173 Å². The Balaban J connectivity index is 1.63. The quantitative estimate of drug-likeness (QED) is 0.658. The Bertz CT molecular complexity index is 911. The van der Waals surface area contributed by atoms with Crippen molar-refractivity contribution < 1.29 is 14.3 Å². The molecule has 1 saturated heterocycles. The molecule has 0 N–H and O–H groups in total. The molecule has 1 aromatic carbocycles. The Hall–Kier alpha value is -2.05. The number of fused-ring (bicyclic) bond motifs is 1. The summed E-state index contributed by atoms with van der Waals surface area (Å²) in [7, 11) is 3.21. The largest absolute Gasteiger partial charge is 0.493 e. The second-order valence-electron chi connectivity index (χ2n) is 7.01. The highest BCUT2D eigenvalue weighted by atomic mass is 35.5. The van der Waals surface area contributed by atoms with Gasteiger partial charge in [-0.2, -0.15) is 0 Å². The number of piperidine rings is 1. The average Bonchev–Trinajstić information content (AvgIpc) is 3.23. The van der Waals surface area contributed by atoms with Crippen molar-refractivity contribution >= 4 is 28.8 Å². The van der Waals surface area contributed by atoms with E-state index in [9.17, 15) is 4.79 Å². The number of rotatable bonds is 4. The van der Waals surface area contributed by atoms with Crippen LogP contribution >= 0.6 is 22.9 Å². The maximum absolute atomic E-state index is 13.2. The standard InChI is InChI=1S/C21H23ClN2O3S/c1-26-18-9-5-7-14(19(18)27-2)20-23-16(12-28-20)21(25)24-11-10-15(22)13-6-3-4-8-17(13)24/h5,7-9,12-13,15H,3-4,6,10-11H2,1-2H3. The highest BCUT2D eigenvalue weighted by Gasteiger charge is 2.36. The van der Waals surface area contributed by atoms with Crippen molar-refractivity contribution in [3.05, 3.63) is 41.0 Å². The molecule has 148 valence electrons. The molecule has 2 aliphatic rings. The number of halogens is 1. The van der Waals surface area contributed by atoms with Gasteiger partial charge in [0, 0.05) is 28.9 Å². The van der Waals surface area contributed by atoms with E-state index in [1.54, 1.807) is 14.2 Å². The second-order valence-corrected chi connectivity index (χ2v) is 8.43. The van der Waals surface area contributed by atoms with Crippen LogP contribution in [0.25, 0.3) is 10.6 Å². The zero-order chi connectivity index (χ0) is 19.7. The molecule has 1 aromatic heterocycles. The molecule has 1 aliphatic carbocycles.